The summed E-state index contributed by atoms with van der Waals surface area (Å²) in [7, 11) is 7.19. The number of aromatic hydroxyl groups is 4. The molecule has 2 fully saturated rings. The van der Waals surface area contributed by atoms with Crippen LogP contribution < -0.4 is 0 Å². The van der Waals surface area contributed by atoms with Crippen LogP contribution in [0.25, 0.3) is 0 Å². The largest absolute Gasteiger partial charge is 0.507 e. The molecule has 2 aromatic carbocycles. The summed E-state index contributed by atoms with van der Waals surface area (Å²) in [5.74, 6) is -4.84. The van der Waals surface area contributed by atoms with Crippen LogP contribution in [0.5, 0.6) is 23.0 Å². The van der Waals surface area contributed by atoms with Crippen molar-refractivity contribution in [2.75, 3.05) is 28.2 Å². The first-order valence-corrected chi connectivity index (χ1v) is 17.2. The van der Waals surface area contributed by atoms with Crippen molar-refractivity contribution in [1.29, 1.82) is 0 Å². The molecule has 280 valence electrons. The van der Waals surface area contributed by atoms with Crippen LogP contribution in [0.2, 0.25) is 0 Å². The number of ether oxygens (including phenoxy) is 4. The molecule has 2 heterocycles. The SMILES string of the molecule is CCC1(O)CC(OC2CC(N(C)C)C(O)C(C)O2)c2c(O)c3c(c(O)c2C1OC1CC(N(C)C)C(O)C(C)O1)C(=O)c1c(O)ccc(O)c1C3=O. The number of benzene rings is 2. The number of rotatable bonds is 7. The molecule has 2 aliphatic carbocycles. The first kappa shape index (κ1) is 37.4. The van der Waals surface area contributed by atoms with Gasteiger partial charge >= 0.3 is 0 Å². The number of hydrogen-bond donors (Lipinski definition) is 7. The maximum absolute atomic E-state index is 14.0. The Hall–Kier alpha value is -3.38. The summed E-state index contributed by atoms with van der Waals surface area (Å²) >= 11 is 0. The van der Waals surface area contributed by atoms with Crippen LogP contribution in [-0.2, 0) is 18.9 Å². The Bertz CT molecular complexity index is 1710. The van der Waals surface area contributed by atoms with Crippen LogP contribution >= 0.6 is 0 Å². The summed E-state index contributed by atoms with van der Waals surface area (Å²) in [4.78, 5) is 31.7. The normalized spacial score (nSPS) is 35.1. The molecule has 0 saturated carbocycles. The van der Waals surface area contributed by atoms with E-state index in [1.54, 1.807) is 49.0 Å². The molecule has 0 amide bonds. The predicted molar refractivity (Wildman–Crippen MR) is 179 cm³/mol. The third-order valence-electron chi connectivity index (χ3n) is 11.1. The lowest BCUT2D eigenvalue weighted by Gasteiger charge is -2.48. The molecule has 7 N–H and O–H groups in total. The molecule has 11 atom stereocenters. The van der Waals surface area contributed by atoms with Gasteiger partial charge in [-0.15, -0.1) is 0 Å². The molecule has 0 bridgehead atoms. The van der Waals surface area contributed by atoms with Gasteiger partial charge in [0.05, 0.1) is 58.4 Å². The average Bonchev–Trinajstić information content (AvgIpc) is 3.06. The van der Waals surface area contributed by atoms with Gasteiger partial charge in [0, 0.05) is 42.5 Å². The standard InChI is InChI=1S/C36H48N2O13/c1-8-36(47)13-20(50-21-11-16(37(4)5)29(41)14(2)48-21)25-28(35(36)51-22-12-17(38(6)7)30(42)15(3)49-22)34(46)27-26(33(25)45)31(43)23-18(39)9-10-19(40)24(23)32(27)44/h9-10,14-17,20-22,29-30,35,39-42,45-47H,8,11-13H2,1-7H3. The molecule has 0 aromatic heterocycles. The highest BCUT2D eigenvalue weighted by Crippen LogP contribution is 2.58. The fraction of sp³-hybridized carbons (Fsp3) is 0.611. The first-order valence-electron chi connectivity index (χ1n) is 17.2. The van der Waals surface area contributed by atoms with E-state index in [4.69, 9.17) is 18.9 Å². The van der Waals surface area contributed by atoms with Crippen LogP contribution in [0.3, 0.4) is 0 Å². The number of phenols is 4. The Morgan fingerprint density at radius 1 is 0.745 bits per heavy atom. The highest BCUT2D eigenvalue weighted by atomic mass is 16.7. The molecule has 2 aliphatic heterocycles. The van der Waals surface area contributed by atoms with E-state index < -0.39 is 118 Å². The van der Waals surface area contributed by atoms with E-state index in [0.29, 0.717) is 0 Å². The number of nitrogens with zero attached hydrogens (tertiary/aromatic N) is 2. The van der Waals surface area contributed by atoms with E-state index in [1.807, 2.05) is 9.80 Å². The van der Waals surface area contributed by atoms with Gasteiger partial charge in [0.25, 0.3) is 0 Å². The van der Waals surface area contributed by atoms with Crippen molar-refractivity contribution in [3.8, 4) is 23.0 Å². The van der Waals surface area contributed by atoms with Gasteiger partial charge in [-0.1, -0.05) is 6.92 Å². The smallest absolute Gasteiger partial charge is 0.202 e. The molecule has 15 nitrogen and oxygen atoms in total. The van der Waals surface area contributed by atoms with Gasteiger partial charge in [-0.3, -0.25) is 9.59 Å². The monoisotopic (exact) mass is 716 g/mol. The van der Waals surface area contributed by atoms with E-state index in [-0.39, 0.29) is 42.9 Å². The van der Waals surface area contributed by atoms with Crippen molar-refractivity contribution in [3.63, 3.8) is 0 Å². The summed E-state index contributed by atoms with van der Waals surface area (Å²) in [5, 5.41) is 79.4. The number of fused-ring (bicyclic) bond motifs is 3. The van der Waals surface area contributed by atoms with Gasteiger partial charge in [-0.05, 0) is 60.6 Å². The second kappa shape index (κ2) is 13.5. The molecule has 2 saturated heterocycles. The summed E-state index contributed by atoms with van der Waals surface area (Å²) < 4.78 is 25.0. The first-order chi connectivity index (χ1) is 23.9. The maximum Gasteiger partial charge on any atom is 0.202 e. The van der Waals surface area contributed by atoms with Gasteiger partial charge in [-0.2, -0.15) is 0 Å². The minimum absolute atomic E-state index is 0.0294. The second-order valence-electron chi connectivity index (χ2n) is 14.6. The summed E-state index contributed by atoms with van der Waals surface area (Å²) in [6.45, 7) is 5.05. The molecule has 0 spiro atoms. The average molecular weight is 717 g/mol. The quantitative estimate of drug-likeness (QED) is 0.173. The zero-order chi connectivity index (χ0) is 37.4. The van der Waals surface area contributed by atoms with Crippen molar-refractivity contribution in [2.45, 2.75) is 113 Å². The van der Waals surface area contributed by atoms with E-state index in [1.165, 1.54) is 0 Å². The number of ketones is 2. The number of aliphatic hydroxyl groups is 3. The predicted octanol–water partition coefficient (Wildman–Crippen LogP) is 1.80. The summed E-state index contributed by atoms with van der Waals surface area (Å²) in [5.41, 5.74) is -4.56. The molecule has 11 unspecified atom stereocenters. The highest BCUT2D eigenvalue weighted by molar-refractivity contribution is 6.32. The Labute approximate surface area is 295 Å². The molecule has 0 radical (unpaired) electrons. The van der Waals surface area contributed by atoms with Crippen LogP contribution in [0, 0.1) is 0 Å². The van der Waals surface area contributed by atoms with E-state index in [0.717, 1.165) is 12.1 Å². The van der Waals surface area contributed by atoms with E-state index in [9.17, 15) is 45.3 Å². The molecular weight excluding hydrogens is 668 g/mol. The number of likely N-dealkylation sites (N-methyl/N-ethyl adjacent to an activating group) is 2. The van der Waals surface area contributed by atoms with Gasteiger partial charge in [0.1, 0.15) is 29.1 Å². The van der Waals surface area contributed by atoms with Crippen molar-refractivity contribution < 1.29 is 64.3 Å². The molecule has 6 rings (SSSR count). The maximum atomic E-state index is 14.0. The van der Waals surface area contributed by atoms with E-state index in [2.05, 4.69) is 0 Å². The van der Waals surface area contributed by atoms with Crippen LogP contribution in [0.1, 0.15) is 102 Å². The molecule has 15 heteroatoms. The van der Waals surface area contributed by atoms with Gasteiger partial charge in [0.2, 0.25) is 11.6 Å². The fourth-order valence-corrected chi connectivity index (χ4v) is 8.12. The van der Waals surface area contributed by atoms with Crippen LogP contribution in [0.15, 0.2) is 12.1 Å². The van der Waals surface area contributed by atoms with Gasteiger partial charge in [-0.25, -0.2) is 0 Å². The second-order valence-corrected chi connectivity index (χ2v) is 14.6. The van der Waals surface area contributed by atoms with Crippen molar-refractivity contribution in [2.24, 2.45) is 0 Å². The third-order valence-corrected chi connectivity index (χ3v) is 11.1. The molecule has 51 heavy (non-hydrogen) atoms. The number of hydrogen-bond acceptors (Lipinski definition) is 15. The van der Waals surface area contributed by atoms with Crippen LogP contribution in [-0.4, -0.2) is 140 Å². The Kier molecular flexibility index (Phi) is 9.93. The van der Waals surface area contributed by atoms with Crippen molar-refractivity contribution in [1.82, 2.24) is 9.80 Å². The summed E-state index contributed by atoms with van der Waals surface area (Å²) in [6, 6.07) is 1.28. The van der Waals surface area contributed by atoms with Crippen LogP contribution in [0.4, 0.5) is 0 Å². The zero-order valence-electron chi connectivity index (χ0n) is 29.7. The zero-order valence-corrected chi connectivity index (χ0v) is 29.7. The number of aliphatic hydroxyl groups excluding tert-OH is 2. The van der Waals surface area contributed by atoms with Crippen molar-refractivity contribution >= 4 is 11.6 Å². The molecular formula is C36H48N2O13. The Morgan fingerprint density at radius 2 is 1.18 bits per heavy atom. The minimum atomic E-state index is -1.83. The van der Waals surface area contributed by atoms with E-state index >= 15 is 0 Å². The topological polar surface area (TPSA) is 219 Å². The number of phenolic OH excluding ortho intramolecular Hbond substituents is 4. The summed E-state index contributed by atoms with van der Waals surface area (Å²) in [6.07, 6.45) is -7.65. The van der Waals surface area contributed by atoms with Crippen molar-refractivity contribution in [3.05, 3.63) is 45.5 Å². The number of carbonyl (C=O) groups excluding carboxylic acids is 2. The fourth-order valence-electron chi connectivity index (χ4n) is 8.12. The lowest BCUT2D eigenvalue weighted by Crippen LogP contribution is -2.55. The Balaban J connectivity index is 1.53. The molecule has 4 aliphatic rings. The number of carbonyl (C=O) groups is 2. The highest BCUT2D eigenvalue weighted by Gasteiger charge is 2.54. The Morgan fingerprint density at radius 3 is 1.61 bits per heavy atom. The lowest BCUT2D eigenvalue weighted by molar-refractivity contribution is -0.289. The minimum Gasteiger partial charge on any atom is -0.507 e. The van der Waals surface area contributed by atoms with Gasteiger partial charge in [0.15, 0.2) is 12.6 Å². The third kappa shape index (κ3) is 6.07. The van der Waals surface area contributed by atoms with Gasteiger partial charge < -0.3 is 64.5 Å². The lowest BCUT2D eigenvalue weighted by atomic mass is 9.70. The molecule has 2 aromatic rings.